The van der Waals surface area contributed by atoms with E-state index >= 15 is 0 Å². The topological polar surface area (TPSA) is 64.4 Å². The predicted octanol–water partition coefficient (Wildman–Crippen LogP) is 3.64. The van der Waals surface area contributed by atoms with Gasteiger partial charge in [-0.1, -0.05) is 47.6 Å². The molecule has 0 aliphatic carbocycles. The molecule has 2 aromatic carbocycles. The van der Waals surface area contributed by atoms with Crippen LogP contribution in [0.5, 0.6) is 5.75 Å². The Morgan fingerprint density at radius 2 is 1.92 bits per heavy atom. The number of nitrogens with zero attached hydrogens (tertiary/aromatic N) is 1. The van der Waals surface area contributed by atoms with Crippen molar-refractivity contribution in [2.24, 2.45) is 0 Å². The number of carbonyl (C=O) groups is 1. The number of amides is 1. The van der Waals surface area contributed by atoms with E-state index in [2.05, 4.69) is 10.5 Å². The molecule has 0 atom stereocenters. The van der Waals surface area contributed by atoms with Crippen molar-refractivity contribution in [2.45, 2.75) is 19.3 Å². The number of nitrogens with one attached hydrogen (secondary N) is 1. The van der Waals surface area contributed by atoms with Crippen LogP contribution in [0.2, 0.25) is 0 Å². The number of methoxy groups -OCH3 is 1. The molecule has 0 aliphatic rings. The van der Waals surface area contributed by atoms with Crippen molar-refractivity contribution in [3.05, 3.63) is 71.9 Å². The van der Waals surface area contributed by atoms with Crippen molar-refractivity contribution < 1.29 is 14.1 Å². The fraction of sp³-hybridized carbons (Fsp3) is 0.238. The van der Waals surface area contributed by atoms with Crippen molar-refractivity contribution in [1.82, 2.24) is 10.5 Å². The first-order chi connectivity index (χ1) is 12.7. The van der Waals surface area contributed by atoms with Crippen molar-refractivity contribution in [1.29, 1.82) is 0 Å². The molecule has 0 saturated carbocycles. The lowest BCUT2D eigenvalue weighted by Gasteiger charge is -2.04. The molecule has 26 heavy (non-hydrogen) atoms. The molecule has 0 radical (unpaired) electrons. The highest BCUT2D eigenvalue weighted by molar-refractivity contribution is 5.76. The first-order valence-electron chi connectivity index (χ1n) is 8.65. The highest BCUT2D eigenvalue weighted by atomic mass is 16.5. The monoisotopic (exact) mass is 350 g/mol. The molecule has 5 nitrogen and oxygen atoms in total. The molecule has 1 amide bonds. The van der Waals surface area contributed by atoms with Gasteiger partial charge >= 0.3 is 0 Å². The van der Waals surface area contributed by atoms with E-state index in [1.807, 2.05) is 60.7 Å². The lowest BCUT2D eigenvalue weighted by Crippen LogP contribution is -2.25. The number of carbonyl (C=O) groups excluding carboxylic acids is 1. The Labute approximate surface area is 153 Å². The number of ether oxygens (including phenoxy) is 1. The molecule has 1 aromatic heterocycles. The Balaban J connectivity index is 1.45. The van der Waals surface area contributed by atoms with Crippen LogP contribution < -0.4 is 10.1 Å². The van der Waals surface area contributed by atoms with Gasteiger partial charge in [0.2, 0.25) is 5.91 Å². The van der Waals surface area contributed by atoms with Crippen molar-refractivity contribution in [2.75, 3.05) is 13.7 Å². The van der Waals surface area contributed by atoms with E-state index in [9.17, 15) is 4.79 Å². The van der Waals surface area contributed by atoms with E-state index in [4.69, 9.17) is 9.26 Å². The van der Waals surface area contributed by atoms with E-state index < -0.39 is 0 Å². The lowest BCUT2D eigenvalue weighted by molar-refractivity contribution is -0.121. The number of benzene rings is 2. The SMILES string of the molecule is COc1cccc(-c2cc(CCNC(=O)CCc3ccccc3)no2)c1. The Morgan fingerprint density at radius 3 is 2.73 bits per heavy atom. The summed E-state index contributed by atoms with van der Waals surface area (Å²) in [5.41, 5.74) is 2.89. The van der Waals surface area contributed by atoms with E-state index in [-0.39, 0.29) is 5.91 Å². The second kappa shape index (κ2) is 8.85. The van der Waals surface area contributed by atoms with Gasteiger partial charge in [0, 0.05) is 31.0 Å². The predicted molar refractivity (Wildman–Crippen MR) is 100.0 cm³/mol. The fourth-order valence-corrected chi connectivity index (χ4v) is 2.66. The normalized spacial score (nSPS) is 10.5. The summed E-state index contributed by atoms with van der Waals surface area (Å²) < 4.78 is 10.6. The van der Waals surface area contributed by atoms with E-state index in [1.54, 1.807) is 7.11 Å². The molecular formula is C21H22N2O3. The zero-order valence-electron chi connectivity index (χ0n) is 14.8. The summed E-state index contributed by atoms with van der Waals surface area (Å²) in [6.07, 6.45) is 1.86. The van der Waals surface area contributed by atoms with Gasteiger partial charge in [-0.05, 0) is 24.1 Å². The Bertz CT molecular complexity index is 843. The first-order valence-corrected chi connectivity index (χ1v) is 8.65. The molecule has 1 heterocycles. The molecule has 3 rings (SSSR count). The maximum atomic E-state index is 11.9. The third kappa shape index (κ3) is 4.96. The van der Waals surface area contributed by atoms with Crippen LogP contribution in [0, 0.1) is 0 Å². The summed E-state index contributed by atoms with van der Waals surface area (Å²) in [5, 5.41) is 7.00. The van der Waals surface area contributed by atoms with Gasteiger partial charge in [0.15, 0.2) is 5.76 Å². The van der Waals surface area contributed by atoms with Gasteiger partial charge < -0.3 is 14.6 Å². The van der Waals surface area contributed by atoms with Crippen molar-refractivity contribution in [3.63, 3.8) is 0 Å². The van der Waals surface area contributed by atoms with Crippen LogP contribution in [-0.2, 0) is 17.6 Å². The number of aryl methyl sites for hydroxylation is 1. The average molecular weight is 350 g/mol. The summed E-state index contributed by atoms with van der Waals surface area (Å²) in [7, 11) is 1.63. The fourth-order valence-electron chi connectivity index (χ4n) is 2.66. The van der Waals surface area contributed by atoms with Gasteiger partial charge in [-0.3, -0.25) is 4.79 Å². The molecule has 0 aliphatic heterocycles. The largest absolute Gasteiger partial charge is 0.497 e. The van der Waals surface area contributed by atoms with Crippen LogP contribution in [0.25, 0.3) is 11.3 Å². The summed E-state index contributed by atoms with van der Waals surface area (Å²) in [4.78, 5) is 11.9. The maximum Gasteiger partial charge on any atom is 0.220 e. The first kappa shape index (κ1) is 17.7. The Hall–Kier alpha value is -3.08. The Morgan fingerprint density at radius 1 is 1.08 bits per heavy atom. The molecule has 0 bridgehead atoms. The highest BCUT2D eigenvalue weighted by Crippen LogP contribution is 2.24. The quantitative estimate of drug-likeness (QED) is 0.674. The van der Waals surface area contributed by atoms with E-state index in [1.165, 1.54) is 5.56 Å². The highest BCUT2D eigenvalue weighted by Gasteiger charge is 2.08. The molecule has 0 spiro atoms. The minimum absolute atomic E-state index is 0.0466. The van der Waals surface area contributed by atoms with E-state index in [0.29, 0.717) is 25.1 Å². The number of rotatable bonds is 8. The van der Waals surface area contributed by atoms with E-state index in [0.717, 1.165) is 23.4 Å². The Kier molecular flexibility index (Phi) is 6.04. The smallest absolute Gasteiger partial charge is 0.220 e. The van der Waals surface area contributed by atoms with Crippen molar-refractivity contribution >= 4 is 5.91 Å². The van der Waals surface area contributed by atoms with Gasteiger partial charge in [-0.15, -0.1) is 0 Å². The number of aromatic nitrogens is 1. The molecule has 3 aromatic rings. The third-order valence-electron chi connectivity index (χ3n) is 4.10. The standard InChI is InChI=1S/C21H22N2O3/c1-25-19-9-5-8-17(14-19)20-15-18(23-26-20)12-13-22-21(24)11-10-16-6-3-2-4-7-16/h2-9,14-15H,10-13H2,1H3,(H,22,24). The second-order valence-electron chi connectivity index (χ2n) is 6.00. The minimum Gasteiger partial charge on any atom is -0.497 e. The summed E-state index contributed by atoms with van der Waals surface area (Å²) in [6.45, 7) is 0.539. The van der Waals surface area contributed by atoms with Gasteiger partial charge in [-0.25, -0.2) is 0 Å². The number of hydrogen-bond acceptors (Lipinski definition) is 4. The van der Waals surface area contributed by atoms with Crippen LogP contribution in [0.3, 0.4) is 0 Å². The summed E-state index contributed by atoms with van der Waals surface area (Å²) in [5.74, 6) is 1.51. The lowest BCUT2D eigenvalue weighted by atomic mass is 10.1. The molecule has 0 unspecified atom stereocenters. The summed E-state index contributed by atoms with van der Waals surface area (Å²) >= 11 is 0. The van der Waals surface area contributed by atoms with Crippen LogP contribution in [-0.4, -0.2) is 24.7 Å². The van der Waals surface area contributed by atoms with Crippen LogP contribution in [0.4, 0.5) is 0 Å². The van der Waals surface area contributed by atoms with Crippen LogP contribution >= 0.6 is 0 Å². The molecule has 5 heteroatoms. The molecule has 0 saturated heterocycles. The van der Waals surface area contributed by atoms with Gasteiger partial charge in [-0.2, -0.15) is 0 Å². The molecule has 0 fully saturated rings. The van der Waals surface area contributed by atoms with Gasteiger partial charge in [0.25, 0.3) is 0 Å². The average Bonchev–Trinajstić information content (AvgIpc) is 3.16. The van der Waals surface area contributed by atoms with Crippen LogP contribution in [0.1, 0.15) is 17.7 Å². The maximum absolute atomic E-state index is 11.9. The van der Waals surface area contributed by atoms with Crippen molar-refractivity contribution in [3.8, 4) is 17.1 Å². The van der Waals surface area contributed by atoms with Crippen LogP contribution in [0.15, 0.2) is 65.2 Å². The second-order valence-corrected chi connectivity index (χ2v) is 6.00. The minimum atomic E-state index is 0.0466. The molecule has 134 valence electrons. The molecular weight excluding hydrogens is 328 g/mol. The third-order valence-corrected chi connectivity index (χ3v) is 4.10. The summed E-state index contributed by atoms with van der Waals surface area (Å²) in [6, 6.07) is 19.5. The number of hydrogen-bond donors (Lipinski definition) is 1. The van der Waals surface area contributed by atoms with Gasteiger partial charge in [0.1, 0.15) is 5.75 Å². The zero-order valence-corrected chi connectivity index (χ0v) is 14.8. The van der Waals surface area contributed by atoms with Gasteiger partial charge in [0.05, 0.1) is 12.8 Å². The zero-order chi connectivity index (χ0) is 18.2. The molecule has 1 N–H and O–H groups in total.